The fraction of sp³-hybridized carbons (Fsp3) is 0.357. The molecule has 1 aliphatic rings. The Morgan fingerprint density at radius 1 is 1.02 bits per heavy atom. The molecule has 2 heterocycles. The number of nitrogens with one attached hydrogen (secondary N) is 2. The van der Waals surface area contributed by atoms with E-state index in [0.29, 0.717) is 31.7 Å². The number of primary amides is 1. The van der Waals surface area contributed by atoms with Gasteiger partial charge in [-0.1, -0.05) is 31.2 Å². The zero-order valence-electron chi connectivity index (χ0n) is 23.5. The lowest BCUT2D eigenvalue weighted by Crippen LogP contribution is -2.48. The molecule has 0 saturated heterocycles. The summed E-state index contributed by atoms with van der Waals surface area (Å²) < 4.78 is 1.57. The van der Waals surface area contributed by atoms with Crippen LogP contribution in [0.2, 0.25) is 0 Å². The topological polar surface area (TPSA) is 129 Å². The number of nitrogens with zero attached hydrogens (tertiary/aromatic N) is 5. The molecule has 0 atom stereocenters. The maximum Gasteiger partial charge on any atom is 0.256 e. The van der Waals surface area contributed by atoms with Gasteiger partial charge in [-0.25, -0.2) is 9.69 Å². The number of hydrogen-bond acceptors (Lipinski definition) is 7. The summed E-state index contributed by atoms with van der Waals surface area (Å²) in [4.78, 5) is 39.6. The van der Waals surface area contributed by atoms with Crippen molar-refractivity contribution < 1.29 is 14.4 Å². The summed E-state index contributed by atoms with van der Waals surface area (Å²) in [6.45, 7) is 7.30. The van der Waals surface area contributed by atoms with E-state index in [1.807, 2.05) is 49.2 Å². The molecule has 3 aromatic rings. The van der Waals surface area contributed by atoms with Gasteiger partial charge in [0, 0.05) is 45.1 Å². The number of fused-ring (bicyclic) bond motifs is 1. The average molecular weight is 606 g/mol. The van der Waals surface area contributed by atoms with E-state index in [1.165, 1.54) is 17.3 Å². The zero-order chi connectivity index (χ0) is 27.9. The molecule has 0 radical (unpaired) electrons. The van der Waals surface area contributed by atoms with Crippen molar-refractivity contribution in [2.75, 3.05) is 44.7 Å². The molecule has 11 nitrogen and oxygen atoms in total. The fourth-order valence-corrected chi connectivity index (χ4v) is 4.60. The standard InChI is InChI=1S/C28H36N8O3.2ClH/c1-4-30-11-12-31-26(37)18-34(19-27(38)33(3)35-15-21-7-5-6-8-22(21)16-35)25-10-9-24(13-20(25)2)36-17-23(14-32-36)28(29)39;;/h5-10,13-14,17,30H,4,11-12,15-16,18-19H2,1-3H3,(H2,29,39)(H,31,37);2*1H. The van der Waals surface area contributed by atoms with Gasteiger partial charge < -0.3 is 21.3 Å². The molecule has 0 spiro atoms. The first kappa shape index (κ1) is 33.6. The predicted octanol–water partition coefficient (Wildman–Crippen LogP) is 2.04. The maximum atomic E-state index is 13.5. The quantitative estimate of drug-likeness (QED) is 0.270. The zero-order valence-corrected chi connectivity index (χ0v) is 25.1. The van der Waals surface area contributed by atoms with Gasteiger partial charge in [0.1, 0.15) is 0 Å². The number of carbonyl (C=O) groups excluding carboxylic acids is 3. The lowest BCUT2D eigenvalue weighted by Gasteiger charge is -2.32. The molecule has 0 unspecified atom stereocenters. The number of likely N-dealkylation sites (N-methyl/N-ethyl adjacent to an activating group) is 2. The SMILES string of the molecule is CCNCCNC(=O)CN(CC(=O)N(C)N1Cc2ccccc2C1)c1ccc(-n2cc(C(N)=O)cn2)cc1C.Cl.Cl. The number of hydrogen-bond donors (Lipinski definition) is 3. The summed E-state index contributed by atoms with van der Waals surface area (Å²) in [5, 5.41) is 14.0. The van der Waals surface area contributed by atoms with Crippen LogP contribution >= 0.6 is 24.8 Å². The molecule has 0 fully saturated rings. The minimum absolute atomic E-state index is 0. The van der Waals surface area contributed by atoms with Crippen molar-refractivity contribution in [1.29, 1.82) is 0 Å². The van der Waals surface area contributed by atoms with Crippen LogP contribution in [-0.2, 0) is 22.7 Å². The number of anilines is 1. The van der Waals surface area contributed by atoms with Crippen LogP contribution in [0.15, 0.2) is 54.9 Å². The number of rotatable bonds is 12. The summed E-state index contributed by atoms with van der Waals surface area (Å²) in [5.74, 6) is -0.840. The van der Waals surface area contributed by atoms with Crippen LogP contribution in [0.3, 0.4) is 0 Å². The first-order valence-corrected chi connectivity index (χ1v) is 13.0. The van der Waals surface area contributed by atoms with Gasteiger partial charge in [0.05, 0.1) is 30.5 Å². The highest BCUT2D eigenvalue weighted by Gasteiger charge is 2.27. The van der Waals surface area contributed by atoms with Crippen molar-refractivity contribution in [1.82, 2.24) is 30.4 Å². The first-order chi connectivity index (χ1) is 18.8. The Hall–Kier alpha value is -3.64. The van der Waals surface area contributed by atoms with Crippen molar-refractivity contribution in [3.63, 3.8) is 0 Å². The number of hydrazine groups is 1. The van der Waals surface area contributed by atoms with Crippen molar-refractivity contribution >= 4 is 48.2 Å². The molecule has 41 heavy (non-hydrogen) atoms. The van der Waals surface area contributed by atoms with Crippen LogP contribution in [0.1, 0.15) is 34.0 Å². The van der Waals surface area contributed by atoms with E-state index in [9.17, 15) is 14.4 Å². The number of carbonyl (C=O) groups is 3. The Labute approximate surface area is 252 Å². The van der Waals surface area contributed by atoms with Gasteiger partial charge in [0.15, 0.2) is 0 Å². The van der Waals surface area contributed by atoms with Crippen molar-refractivity contribution in [3.8, 4) is 5.69 Å². The Morgan fingerprint density at radius 2 is 1.71 bits per heavy atom. The Kier molecular flexibility index (Phi) is 12.6. The van der Waals surface area contributed by atoms with Crippen molar-refractivity contribution in [3.05, 3.63) is 77.1 Å². The monoisotopic (exact) mass is 604 g/mol. The number of aromatic nitrogens is 2. The second kappa shape index (κ2) is 15.4. The molecule has 1 aliphatic heterocycles. The summed E-state index contributed by atoms with van der Waals surface area (Å²) in [6.07, 6.45) is 2.99. The molecule has 0 aliphatic carbocycles. The number of benzene rings is 2. The van der Waals surface area contributed by atoms with Crippen LogP contribution in [0.25, 0.3) is 5.69 Å². The molecule has 4 N–H and O–H groups in total. The minimum Gasteiger partial charge on any atom is -0.366 e. The molecule has 13 heteroatoms. The Balaban J connectivity index is 0.00000294. The van der Waals surface area contributed by atoms with E-state index in [2.05, 4.69) is 27.9 Å². The smallest absolute Gasteiger partial charge is 0.256 e. The molecular formula is C28H38Cl2N8O3. The van der Waals surface area contributed by atoms with Crippen LogP contribution in [0, 0.1) is 6.92 Å². The third kappa shape index (κ3) is 8.43. The molecule has 4 rings (SSSR count). The molecule has 0 saturated carbocycles. The first-order valence-electron chi connectivity index (χ1n) is 13.0. The Morgan fingerprint density at radius 3 is 2.29 bits per heavy atom. The highest BCUT2D eigenvalue weighted by atomic mass is 35.5. The van der Waals surface area contributed by atoms with Gasteiger partial charge in [-0.2, -0.15) is 5.10 Å². The van der Waals surface area contributed by atoms with E-state index in [4.69, 9.17) is 5.73 Å². The lowest BCUT2D eigenvalue weighted by atomic mass is 10.1. The summed E-state index contributed by atoms with van der Waals surface area (Å²) in [5.41, 5.74) is 10.4. The molecule has 1 aromatic heterocycles. The maximum absolute atomic E-state index is 13.5. The van der Waals surface area contributed by atoms with Crippen LogP contribution in [0.5, 0.6) is 0 Å². The average Bonchev–Trinajstić information content (AvgIpc) is 3.58. The van der Waals surface area contributed by atoms with Crippen LogP contribution in [0.4, 0.5) is 5.69 Å². The van der Waals surface area contributed by atoms with Crippen LogP contribution < -0.4 is 21.3 Å². The van der Waals surface area contributed by atoms with Gasteiger partial charge >= 0.3 is 0 Å². The van der Waals surface area contributed by atoms with Gasteiger partial charge in [-0.3, -0.25) is 19.4 Å². The van der Waals surface area contributed by atoms with E-state index in [1.54, 1.807) is 27.8 Å². The largest absolute Gasteiger partial charge is 0.366 e. The van der Waals surface area contributed by atoms with Crippen LogP contribution in [-0.4, -0.2) is 77.3 Å². The second-order valence-corrected chi connectivity index (χ2v) is 9.58. The molecule has 222 valence electrons. The normalized spacial score (nSPS) is 12.1. The molecular weight excluding hydrogens is 567 g/mol. The summed E-state index contributed by atoms with van der Waals surface area (Å²) >= 11 is 0. The number of nitrogens with two attached hydrogens (primary N) is 1. The van der Waals surface area contributed by atoms with E-state index in [0.717, 1.165) is 23.5 Å². The van der Waals surface area contributed by atoms with E-state index >= 15 is 0 Å². The summed E-state index contributed by atoms with van der Waals surface area (Å²) in [7, 11) is 1.77. The van der Waals surface area contributed by atoms with Crippen molar-refractivity contribution in [2.45, 2.75) is 26.9 Å². The summed E-state index contributed by atoms with van der Waals surface area (Å²) in [6, 6.07) is 13.8. The van der Waals surface area contributed by atoms with E-state index in [-0.39, 0.29) is 49.7 Å². The highest BCUT2D eigenvalue weighted by Crippen LogP contribution is 2.25. The number of aryl methyl sites for hydroxylation is 1. The van der Waals surface area contributed by atoms with Gasteiger partial charge in [0.25, 0.3) is 11.8 Å². The minimum atomic E-state index is -0.551. The van der Waals surface area contributed by atoms with Gasteiger partial charge in [-0.05, 0) is 48.4 Å². The third-order valence-corrected chi connectivity index (χ3v) is 6.80. The van der Waals surface area contributed by atoms with Gasteiger partial charge in [0.2, 0.25) is 5.91 Å². The number of halogens is 2. The molecule has 3 amide bonds. The van der Waals surface area contributed by atoms with E-state index < -0.39 is 5.91 Å². The highest BCUT2D eigenvalue weighted by molar-refractivity contribution is 5.92. The van der Waals surface area contributed by atoms with Crippen molar-refractivity contribution in [2.24, 2.45) is 5.73 Å². The molecule has 0 bridgehead atoms. The fourth-order valence-electron chi connectivity index (χ4n) is 4.60. The third-order valence-electron chi connectivity index (χ3n) is 6.80. The predicted molar refractivity (Wildman–Crippen MR) is 164 cm³/mol. The lowest BCUT2D eigenvalue weighted by molar-refractivity contribution is -0.145. The van der Waals surface area contributed by atoms with Gasteiger partial charge in [-0.15, -0.1) is 24.8 Å². The second-order valence-electron chi connectivity index (χ2n) is 9.58. The molecule has 2 aromatic carbocycles. The Bertz CT molecular complexity index is 1320. The number of amides is 3.